The number of rotatable bonds is 1. The molecule has 1 saturated carbocycles. The molecule has 0 heterocycles. The van der Waals surface area contributed by atoms with Crippen LogP contribution in [0.3, 0.4) is 0 Å². The van der Waals surface area contributed by atoms with E-state index in [2.05, 4.69) is 17.9 Å². The molecule has 0 aromatic carbocycles. The highest BCUT2D eigenvalue weighted by Crippen LogP contribution is 2.23. The predicted octanol–water partition coefficient (Wildman–Crippen LogP) is 2.36. The van der Waals surface area contributed by atoms with Crippen LogP contribution in [0.1, 0.15) is 40.0 Å². The van der Waals surface area contributed by atoms with Crippen LogP contribution in [0, 0.1) is 0 Å². The van der Waals surface area contributed by atoms with Gasteiger partial charge in [0.2, 0.25) is 0 Å². The fraction of sp³-hybridized carbons (Fsp3) is 0.900. The van der Waals surface area contributed by atoms with Gasteiger partial charge in [-0.2, -0.15) is 12.6 Å². The average Bonchev–Trinajstić information content (AvgIpc) is 2.32. The van der Waals surface area contributed by atoms with Gasteiger partial charge in [0, 0.05) is 11.3 Å². The molecule has 1 rings (SSSR count). The summed E-state index contributed by atoms with van der Waals surface area (Å²) >= 11 is 4.40. The first kappa shape index (κ1) is 11.7. The van der Waals surface area contributed by atoms with E-state index in [4.69, 9.17) is 4.74 Å². The maximum absolute atomic E-state index is 11.4. The zero-order valence-corrected chi connectivity index (χ0v) is 9.93. The Balaban J connectivity index is 2.33. The number of alkyl carbamates (subject to hydrolysis) is 1. The average molecular weight is 217 g/mol. The minimum Gasteiger partial charge on any atom is -0.444 e. The van der Waals surface area contributed by atoms with Crippen molar-refractivity contribution in [2.45, 2.75) is 56.9 Å². The molecule has 14 heavy (non-hydrogen) atoms. The Morgan fingerprint density at radius 3 is 2.50 bits per heavy atom. The van der Waals surface area contributed by atoms with E-state index in [-0.39, 0.29) is 17.4 Å². The van der Waals surface area contributed by atoms with Crippen molar-refractivity contribution in [3.63, 3.8) is 0 Å². The molecule has 0 saturated heterocycles. The molecule has 1 aliphatic rings. The lowest BCUT2D eigenvalue weighted by Crippen LogP contribution is -2.41. The van der Waals surface area contributed by atoms with E-state index in [0.29, 0.717) is 0 Å². The number of nitrogens with one attached hydrogen (secondary N) is 1. The van der Waals surface area contributed by atoms with E-state index in [1.165, 1.54) is 0 Å². The summed E-state index contributed by atoms with van der Waals surface area (Å²) in [5, 5.41) is 3.13. The number of carbonyl (C=O) groups is 1. The molecule has 1 amide bonds. The number of carbonyl (C=O) groups excluding carboxylic acids is 1. The quantitative estimate of drug-likeness (QED) is 0.662. The summed E-state index contributed by atoms with van der Waals surface area (Å²) in [5.41, 5.74) is -0.422. The molecule has 0 radical (unpaired) electrons. The topological polar surface area (TPSA) is 38.3 Å². The van der Waals surface area contributed by atoms with Gasteiger partial charge >= 0.3 is 6.09 Å². The van der Waals surface area contributed by atoms with Gasteiger partial charge in [-0.3, -0.25) is 0 Å². The molecule has 3 nitrogen and oxygen atoms in total. The highest BCUT2D eigenvalue weighted by Gasteiger charge is 2.27. The Kier molecular flexibility index (Phi) is 3.70. The highest BCUT2D eigenvalue weighted by atomic mass is 32.1. The smallest absolute Gasteiger partial charge is 0.407 e. The first-order valence-electron chi connectivity index (χ1n) is 5.06. The maximum Gasteiger partial charge on any atom is 0.407 e. The molecule has 0 unspecified atom stereocenters. The Labute approximate surface area is 91.0 Å². The third kappa shape index (κ3) is 3.78. The van der Waals surface area contributed by atoms with E-state index in [0.717, 1.165) is 19.3 Å². The first-order valence-corrected chi connectivity index (χ1v) is 5.58. The van der Waals surface area contributed by atoms with Crippen molar-refractivity contribution in [1.82, 2.24) is 5.32 Å². The van der Waals surface area contributed by atoms with Crippen molar-refractivity contribution in [1.29, 1.82) is 0 Å². The van der Waals surface area contributed by atoms with E-state index >= 15 is 0 Å². The Bertz CT molecular complexity index is 213. The lowest BCUT2D eigenvalue weighted by molar-refractivity contribution is 0.0507. The molecule has 0 spiro atoms. The first-order chi connectivity index (χ1) is 6.38. The lowest BCUT2D eigenvalue weighted by atomic mass is 10.2. The van der Waals surface area contributed by atoms with Crippen LogP contribution in [0.5, 0.6) is 0 Å². The van der Waals surface area contributed by atoms with Crippen LogP contribution in [0.2, 0.25) is 0 Å². The van der Waals surface area contributed by atoms with Gasteiger partial charge in [0.1, 0.15) is 5.60 Å². The molecule has 1 N–H and O–H groups in total. The van der Waals surface area contributed by atoms with Crippen LogP contribution >= 0.6 is 12.6 Å². The van der Waals surface area contributed by atoms with Crippen LogP contribution in [0.15, 0.2) is 0 Å². The molecule has 0 bridgehead atoms. The van der Waals surface area contributed by atoms with E-state index < -0.39 is 5.60 Å². The van der Waals surface area contributed by atoms with Gasteiger partial charge in [0.05, 0.1) is 0 Å². The Morgan fingerprint density at radius 2 is 2.07 bits per heavy atom. The summed E-state index contributed by atoms with van der Waals surface area (Å²) in [7, 11) is 0. The molecule has 0 aromatic heterocycles. The summed E-state index contributed by atoms with van der Waals surface area (Å²) in [6.07, 6.45) is 2.88. The van der Waals surface area contributed by atoms with Gasteiger partial charge < -0.3 is 10.1 Å². The molecule has 4 heteroatoms. The van der Waals surface area contributed by atoms with Gasteiger partial charge in [0.25, 0.3) is 0 Å². The normalized spacial score (nSPS) is 27.4. The van der Waals surface area contributed by atoms with Gasteiger partial charge in [-0.05, 0) is 33.6 Å². The summed E-state index contributed by atoms with van der Waals surface area (Å²) in [6, 6.07) is 0.174. The molecule has 82 valence electrons. The SMILES string of the molecule is CC(C)(C)OC(=O)N[C@H]1CCC[C@H]1S. The molecule has 1 aliphatic carbocycles. The zero-order valence-electron chi connectivity index (χ0n) is 9.04. The number of thiol groups is 1. The minimum atomic E-state index is -0.422. The number of hydrogen-bond acceptors (Lipinski definition) is 3. The maximum atomic E-state index is 11.4. The predicted molar refractivity (Wildman–Crippen MR) is 59.8 cm³/mol. The number of amides is 1. The van der Waals surface area contributed by atoms with Crippen LogP contribution in [-0.2, 0) is 4.74 Å². The van der Waals surface area contributed by atoms with Crippen molar-refractivity contribution in [2.24, 2.45) is 0 Å². The summed E-state index contributed by atoms with van der Waals surface area (Å²) in [4.78, 5) is 11.4. The molecular formula is C10H19NO2S. The number of ether oxygens (including phenoxy) is 1. The van der Waals surface area contributed by atoms with Gasteiger partial charge in [0.15, 0.2) is 0 Å². The van der Waals surface area contributed by atoms with Crippen molar-refractivity contribution in [3.8, 4) is 0 Å². The second kappa shape index (κ2) is 4.43. The lowest BCUT2D eigenvalue weighted by Gasteiger charge is -2.23. The second-order valence-corrected chi connectivity index (χ2v) is 5.41. The van der Waals surface area contributed by atoms with E-state index in [1.807, 2.05) is 20.8 Å². The van der Waals surface area contributed by atoms with Crippen molar-refractivity contribution >= 4 is 18.7 Å². The van der Waals surface area contributed by atoms with Crippen molar-refractivity contribution in [3.05, 3.63) is 0 Å². The van der Waals surface area contributed by atoms with Crippen molar-refractivity contribution in [2.75, 3.05) is 0 Å². The third-order valence-corrected chi connectivity index (χ3v) is 2.80. The minimum absolute atomic E-state index is 0.174. The zero-order chi connectivity index (χ0) is 10.8. The molecule has 0 aromatic rings. The fourth-order valence-corrected chi connectivity index (χ4v) is 1.97. The third-order valence-electron chi connectivity index (χ3n) is 2.18. The monoisotopic (exact) mass is 217 g/mol. The van der Waals surface area contributed by atoms with E-state index in [9.17, 15) is 4.79 Å². The molecule has 1 fully saturated rings. The number of hydrogen-bond donors (Lipinski definition) is 2. The van der Waals surface area contributed by atoms with E-state index in [1.54, 1.807) is 0 Å². The van der Waals surface area contributed by atoms with Crippen LogP contribution in [0.25, 0.3) is 0 Å². The Hall–Kier alpha value is -0.380. The molecule has 0 aliphatic heterocycles. The van der Waals surface area contributed by atoms with Crippen LogP contribution in [-0.4, -0.2) is 23.0 Å². The standard InChI is InChI=1S/C10H19NO2S/c1-10(2,3)13-9(12)11-7-5-4-6-8(7)14/h7-8,14H,4-6H2,1-3H3,(H,11,12)/t7-,8+/m0/s1. The Morgan fingerprint density at radius 1 is 1.43 bits per heavy atom. The summed E-state index contributed by atoms with van der Waals surface area (Å²) in [5.74, 6) is 0. The van der Waals surface area contributed by atoms with Gasteiger partial charge in [-0.15, -0.1) is 0 Å². The van der Waals surface area contributed by atoms with Crippen LogP contribution in [0.4, 0.5) is 4.79 Å². The fourth-order valence-electron chi connectivity index (χ4n) is 1.57. The highest BCUT2D eigenvalue weighted by molar-refractivity contribution is 7.81. The van der Waals surface area contributed by atoms with Crippen molar-refractivity contribution < 1.29 is 9.53 Å². The molecular weight excluding hydrogens is 198 g/mol. The molecule has 2 atom stereocenters. The summed E-state index contributed by atoms with van der Waals surface area (Å²) in [6.45, 7) is 5.58. The van der Waals surface area contributed by atoms with Gasteiger partial charge in [-0.1, -0.05) is 6.42 Å². The van der Waals surface area contributed by atoms with Gasteiger partial charge in [-0.25, -0.2) is 4.79 Å². The van der Waals surface area contributed by atoms with Crippen LogP contribution < -0.4 is 5.32 Å². The largest absolute Gasteiger partial charge is 0.444 e. The summed E-state index contributed by atoms with van der Waals surface area (Å²) < 4.78 is 5.16. The second-order valence-electron chi connectivity index (χ2n) is 4.75.